The second-order valence-corrected chi connectivity index (χ2v) is 10.0. The van der Waals surface area contributed by atoms with Gasteiger partial charge in [-0.3, -0.25) is 24.1 Å². The largest absolute Gasteiger partial charge is 0.373 e. The van der Waals surface area contributed by atoms with E-state index in [9.17, 15) is 14.4 Å². The van der Waals surface area contributed by atoms with Crippen LogP contribution in [0.2, 0.25) is 0 Å². The topological polar surface area (TPSA) is 112 Å². The second kappa shape index (κ2) is 11.0. The maximum Gasteiger partial charge on any atom is 0.325 e. The van der Waals surface area contributed by atoms with Crippen LogP contribution in [0.15, 0.2) is 54.7 Å². The van der Waals surface area contributed by atoms with Crippen LogP contribution in [0, 0.1) is 18.8 Å². The highest BCUT2D eigenvalue weighted by atomic mass is 16.2. The Morgan fingerprint density at radius 1 is 1.13 bits per heavy atom. The fraction of sp³-hybridized carbons (Fsp3) is 0.393. The zero-order valence-electron chi connectivity index (χ0n) is 22.7. The van der Waals surface area contributed by atoms with Crippen LogP contribution in [-0.4, -0.2) is 57.6 Å². The molecular formula is C28H35N7O3. The molecule has 1 aliphatic heterocycles. The lowest BCUT2D eigenvalue weighted by molar-refractivity contribution is -0.156. The third-order valence-electron chi connectivity index (χ3n) is 6.98. The minimum absolute atomic E-state index is 0.0690. The van der Waals surface area contributed by atoms with Crippen molar-refractivity contribution in [3.05, 3.63) is 71.5 Å². The van der Waals surface area contributed by atoms with Crippen LogP contribution in [0.4, 0.5) is 16.4 Å². The monoisotopic (exact) mass is 517 g/mol. The molecule has 4 amide bonds. The first-order valence-corrected chi connectivity index (χ1v) is 12.7. The Balaban J connectivity index is 1.64. The standard InChI is InChI=1S/C28H35N7O3/c1-17(2)24(20-10-8-7-9-11-20)32-28(38)35-25(27(37)33(5)23-12-13-30-34(23)6)21(26(35)36)15-19-14-18(3)31-22(16-19)29-4/h7-14,16-17,21,24-25H,15H2,1-6H3,(H,29,31)(H,32,38)/t21-,24-,25+/m1/s1. The van der Waals surface area contributed by atoms with Gasteiger partial charge >= 0.3 is 6.03 Å². The van der Waals surface area contributed by atoms with E-state index in [0.717, 1.165) is 21.7 Å². The molecule has 3 atom stereocenters. The number of pyridine rings is 1. The van der Waals surface area contributed by atoms with Gasteiger partial charge in [0.1, 0.15) is 17.7 Å². The molecule has 3 aromatic rings. The van der Waals surface area contributed by atoms with Gasteiger partial charge in [0.2, 0.25) is 5.91 Å². The summed E-state index contributed by atoms with van der Waals surface area (Å²) in [4.78, 5) is 47.8. The molecule has 38 heavy (non-hydrogen) atoms. The number of rotatable bonds is 8. The van der Waals surface area contributed by atoms with Gasteiger partial charge in [-0.25, -0.2) is 9.78 Å². The van der Waals surface area contributed by atoms with Gasteiger partial charge in [0, 0.05) is 32.9 Å². The van der Waals surface area contributed by atoms with Crippen molar-refractivity contribution in [2.75, 3.05) is 24.3 Å². The Bertz CT molecular complexity index is 1320. The lowest BCUT2D eigenvalue weighted by atomic mass is 9.81. The molecule has 2 aromatic heterocycles. The van der Waals surface area contributed by atoms with Gasteiger partial charge in [-0.05, 0) is 42.5 Å². The van der Waals surface area contributed by atoms with E-state index in [-0.39, 0.29) is 23.8 Å². The van der Waals surface area contributed by atoms with Crippen molar-refractivity contribution >= 4 is 29.5 Å². The molecule has 0 saturated carbocycles. The summed E-state index contributed by atoms with van der Waals surface area (Å²) in [6.07, 6.45) is 1.90. The Labute approximate surface area is 223 Å². The minimum atomic E-state index is -0.961. The summed E-state index contributed by atoms with van der Waals surface area (Å²) >= 11 is 0. The van der Waals surface area contributed by atoms with E-state index in [1.807, 2.05) is 63.2 Å². The summed E-state index contributed by atoms with van der Waals surface area (Å²) < 4.78 is 1.58. The first kappa shape index (κ1) is 26.8. The molecule has 0 unspecified atom stereocenters. The van der Waals surface area contributed by atoms with Gasteiger partial charge in [-0.2, -0.15) is 5.10 Å². The number of likely N-dealkylation sites (tertiary alicyclic amines) is 1. The number of hydrogen-bond acceptors (Lipinski definition) is 6. The number of hydrogen-bond donors (Lipinski definition) is 2. The van der Waals surface area contributed by atoms with Crippen LogP contribution >= 0.6 is 0 Å². The summed E-state index contributed by atoms with van der Waals surface area (Å²) in [5.74, 6) is -0.109. The average molecular weight is 518 g/mol. The molecule has 200 valence electrons. The van der Waals surface area contributed by atoms with E-state index in [4.69, 9.17) is 0 Å². The number of benzene rings is 1. The third kappa shape index (κ3) is 5.25. The number of carbonyl (C=O) groups excluding carboxylic acids is 3. The zero-order valence-corrected chi connectivity index (χ0v) is 22.7. The number of amides is 4. The molecule has 1 saturated heterocycles. The molecule has 1 aliphatic rings. The van der Waals surface area contributed by atoms with Crippen LogP contribution in [0.3, 0.4) is 0 Å². The van der Waals surface area contributed by atoms with Crippen molar-refractivity contribution in [1.82, 2.24) is 25.0 Å². The molecule has 4 rings (SSSR count). The number of aryl methyl sites for hydroxylation is 2. The van der Waals surface area contributed by atoms with Crippen LogP contribution in [0.5, 0.6) is 0 Å². The van der Waals surface area contributed by atoms with Crippen molar-refractivity contribution in [2.45, 2.75) is 39.3 Å². The SMILES string of the molecule is CNc1cc(C[C@H]2C(=O)N(C(=O)N[C@@H](c3ccccc3)C(C)C)[C@@H]2C(=O)N(C)c2ccnn2C)cc(C)n1. The lowest BCUT2D eigenvalue weighted by Gasteiger charge is -2.46. The summed E-state index contributed by atoms with van der Waals surface area (Å²) in [6, 6.07) is 13.2. The van der Waals surface area contributed by atoms with Gasteiger partial charge in [0.25, 0.3) is 5.91 Å². The fourth-order valence-electron chi connectivity index (χ4n) is 5.00. The number of likely N-dealkylation sites (N-methyl/N-ethyl adjacent to an activating group) is 1. The van der Waals surface area contributed by atoms with Crippen LogP contribution in [-0.2, 0) is 23.1 Å². The molecule has 10 heteroatoms. The Kier molecular flexibility index (Phi) is 7.80. The summed E-state index contributed by atoms with van der Waals surface area (Å²) in [5.41, 5.74) is 2.60. The van der Waals surface area contributed by atoms with Crippen molar-refractivity contribution in [2.24, 2.45) is 18.9 Å². The lowest BCUT2D eigenvalue weighted by Crippen LogP contribution is -2.70. The molecular weight excluding hydrogens is 482 g/mol. The molecule has 0 bridgehead atoms. The quantitative estimate of drug-likeness (QED) is 0.444. The Morgan fingerprint density at radius 2 is 1.84 bits per heavy atom. The maximum atomic E-state index is 13.8. The van der Waals surface area contributed by atoms with Crippen LogP contribution < -0.4 is 15.5 Å². The van der Waals surface area contributed by atoms with Crippen molar-refractivity contribution < 1.29 is 14.4 Å². The summed E-state index contributed by atoms with van der Waals surface area (Å²) in [6.45, 7) is 5.88. The maximum absolute atomic E-state index is 13.8. The molecule has 0 spiro atoms. The van der Waals surface area contributed by atoms with Crippen molar-refractivity contribution in [1.29, 1.82) is 0 Å². The second-order valence-electron chi connectivity index (χ2n) is 10.0. The molecule has 10 nitrogen and oxygen atoms in total. The van der Waals surface area contributed by atoms with Gasteiger partial charge in [0.15, 0.2) is 0 Å². The zero-order chi connectivity index (χ0) is 27.6. The van der Waals surface area contributed by atoms with E-state index < -0.39 is 18.0 Å². The number of β-lactam (4-membered cyclic amide) rings is 1. The molecule has 0 radical (unpaired) electrons. The van der Waals surface area contributed by atoms with E-state index >= 15 is 0 Å². The summed E-state index contributed by atoms with van der Waals surface area (Å²) in [7, 11) is 5.14. The summed E-state index contributed by atoms with van der Waals surface area (Å²) in [5, 5.41) is 10.2. The number of nitrogens with zero attached hydrogens (tertiary/aromatic N) is 5. The van der Waals surface area contributed by atoms with Gasteiger partial charge in [-0.1, -0.05) is 44.2 Å². The molecule has 0 aliphatic carbocycles. The first-order chi connectivity index (χ1) is 18.1. The van der Waals surface area contributed by atoms with Crippen LogP contribution in [0.1, 0.15) is 36.7 Å². The highest BCUT2D eigenvalue weighted by molar-refractivity contribution is 6.12. The van der Waals surface area contributed by atoms with Gasteiger partial charge in [-0.15, -0.1) is 0 Å². The van der Waals surface area contributed by atoms with Gasteiger partial charge in [0.05, 0.1) is 18.2 Å². The Morgan fingerprint density at radius 3 is 2.45 bits per heavy atom. The number of anilines is 2. The highest BCUT2D eigenvalue weighted by Gasteiger charge is 2.55. The molecule has 1 aromatic carbocycles. The molecule has 1 fully saturated rings. The number of imide groups is 1. The minimum Gasteiger partial charge on any atom is -0.373 e. The molecule has 3 heterocycles. The van der Waals surface area contributed by atoms with Crippen molar-refractivity contribution in [3.8, 4) is 0 Å². The average Bonchev–Trinajstić information content (AvgIpc) is 3.33. The van der Waals surface area contributed by atoms with Crippen LogP contribution in [0.25, 0.3) is 0 Å². The number of aromatic nitrogens is 3. The predicted molar refractivity (Wildman–Crippen MR) is 146 cm³/mol. The number of urea groups is 1. The number of nitrogens with one attached hydrogen (secondary N) is 2. The third-order valence-corrected chi connectivity index (χ3v) is 6.98. The number of carbonyl (C=O) groups is 3. The predicted octanol–water partition coefficient (Wildman–Crippen LogP) is 3.30. The van der Waals surface area contributed by atoms with E-state index in [0.29, 0.717) is 18.1 Å². The van der Waals surface area contributed by atoms with E-state index in [1.165, 1.54) is 4.90 Å². The van der Waals surface area contributed by atoms with E-state index in [1.54, 1.807) is 38.1 Å². The van der Waals surface area contributed by atoms with E-state index in [2.05, 4.69) is 20.7 Å². The first-order valence-electron chi connectivity index (χ1n) is 12.7. The molecule has 2 N–H and O–H groups in total. The smallest absolute Gasteiger partial charge is 0.325 e. The van der Waals surface area contributed by atoms with Crippen molar-refractivity contribution in [3.63, 3.8) is 0 Å². The highest BCUT2D eigenvalue weighted by Crippen LogP contribution is 2.34. The Hall–Kier alpha value is -4.21. The van der Waals surface area contributed by atoms with Gasteiger partial charge < -0.3 is 10.6 Å². The fourth-order valence-corrected chi connectivity index (χ4v) is 5.00. The normalized spacial score (nSPS) is 17.7.